The third-order valence-corrected chi connectivity index (χ3v) is 6.01. The Hall–Kier alpha value is -1.91. The standard InChI is InChI=1S/C20H26FNO3/c21-17-8-6-16(7-9-17)20(10-1-2-11-20)13-22-18(23)14-4-3-5-15(12-14)19(24)25/h6-9,14-15H,1-5,10-13H2,(H,22,23)(H,24,25). The molecule has 0 aromatic heterocycles. The third kappa shape index (κ3) is 4.02. The van der Waals surface area contributed by atoms with E-state index in [1.165, 1.54) is 12.1 Å². The highest BCUT2D eigenvalue weighted by molar-refractivity contribution is 5.80. The van der Waals surface area contributed by atoms with Gasteiger partial charge >= 0.3 is 5.97 Å². The van der Waals surface area contributed by atoms with E-state index in [1.54, 1.807) is 0 Å². The maximum Gasteiger partial charge on any atom is 0.306 e. The highest BCUT2D eigenvalue weighted by Gasteiger charge is 2.37. The number of nitrogens with one attached hydrogen (secondary N) is 1. The van der Waals surface area contributed by atoms with Crippen LogP contribution in [0.4, 0.5) is 4.39 Å². The number of carbonyl (C=O) groups excluding carboxylic acids is 1. The van der Waals surface area contributed by atoms with Crippen molar-refractivity contribution < 1.29 is 19.1 Å². The highest BCUT2D eigenvalue weighted by atomic mass is 19.1. The van der Waals surface area contributed by atoms with Gasteiger partial charge in [-0.3, -0.25) is 9.59 Å². The smallest absolute Gasteiger partial charge is 0.306 e. The van der Waals surface area contributed by atoms with Gasteiger partial charge in [0.05, 0.1) is 5.92 Å². The molecule has 1 aromatic carbocycles. The molecule has 2 N–H and O–H groups in total. The van der Waals surface area contributed by atoms with Crippen molar-refractivity contribution in [2.75, 3.05) is 6.54 Å². The molecule has 0 saturated heterocycles. The molecule has 0 bridgehead atoms. The van der Waals surface area contributed by atoms with E-state index in [4.69, 9.17) is 0 Å². The number of benzene rings is 1. The summed E-state index contributed by atoms with van der Waals surface area (Å²) in [4.78, 5) is 23.8. The first-order valence-electron chi connectivity index (χ1n) is 9.27. The molecule has 2 aliphatic rings. The molecular weight excluding hydrogens is 321 g/mol. The SMILES string of the molecule is O=C(O)C1CCCC(C(=O)NCC2(c3ccc(F)cc3)CCCC2)C1. The summed E-state index contributed by atoms with van der Waals surface area (Å²) < 4.78 is 13.2. The van der Waals surface area contributed by atoms with Crippen LogP contribution in [0.5, 0.6) is 0 Å². The Morgan fingerprint density at radius 2 is 1.72 bits per heavy atom. The van der Waals surface area contributed by atoms with Gasteiger partial charge in [0, 0.05) is 17.9 Å². The monoisotopic (exact) mass is 347 g/mol. The van der Waals surface area contributed by atoms with Crippen LogP contribution in [-0.2, 0) is 15.0 Å². The minimum absolute atomic E-state index is 0.0284. The van der Waals surface area contributed by atoms with Gasteiger partial charge in [0.25, 0.3) is 0 Å². The van der Waals surface area contributed by atoms with Gasteiger partial charge in [-0.1, -0.05) is 31.4 Å². The van der Waals surface area contributed by atoms with E-state index in [0.29, 0.717) is 19.4 Å². The predicted molar refractivity (Wildman–Crippen MR) is 92.6 cm³/mol. The molecule has 5 heteroatoms. The molecule has 136 valence electrons. The highest BCUT2D eigenvalue weighted by Crippen LogP contribution is 2.41. The van der Waals surface area contributed by atoms with Crippen LogP contribution in [0.1, 0.15) is 56.9 Å². The summed E-state index contributed by atoms with van der Waals surface area (Å²) >= 11 is 0. The number of aliphatic carboxylic acids is 1. The van der Waals surface area contributed by atoms with Crippen LogP contribution >= 0.6 is 0 Å². The van der Waals surface area contributed by atoms with Crippen molar-refractivity contribution in [3.05, 3.63) is 35.6 Å². The summed E-state index contributed by atoms with van der Waals surface area (Å²) in [5.74, 6) is -1.68. The van der Waals surface area contributed by atoms with Crippen molar-refractivity contribution in [3.63, 3.8) is 0 Å². The minimum atomic E-state index is -0.795. The van der Waals surface area contributed by atoms with E-state index in [-0.39, 0.29) is 23.1 Å². The molecule has 25 heavy (non-hydrogen) atoms. The molecule has 1 aromatic rings. The first-order valence-corrected chi connectivity index (χ1v) is 9.27. The molecule has 2 aliphatic carbocycles. The van der Waals surface area contributed by atoms with Crippen LogP contribution in [0.25, 0.3) is 0 Å². The average Bonchev–Trinajstić information content (AvgIpc) is 3.10. The van der Waals surface area contributed by atoms with Crippen LogP contribution in [-0.4, -0.2) is 23.5 Å². The molecule has 0 heterocycles. The van der Waals surface area contributed by atoms with Gasteiger partial charge in [-0.2, -0.15) is 0 Å². The molecule has 2 atom stereocenters. The van der Waals surface area contributed by atoms with Gasteiger partial charge in [0.1, 0.15) is 5.82 Å². The maximum absolute atomic E-state index is 13.2. The van der Waals surface area contributed by atoms with Crippen LogP contribution < -0.4 is 5.32 Å². The molecule has 1 amide bonds. The van der Waals surface area contributed by atoms with E-state index >= 15 is 0 Å². The summed E-state index contributed by atoms with van der Waals surface area (Å²) in [5.41, 5.74) is 0.961. The second-order valence-electron chi connectivity index (χ2n) is 7.61. The number of carboxylic acid groups (broad SMARTS) is 1. The van der Waals surface area contributed by atoms with Crippen LogP contribution in [0.15, 0.2) is 24.3 Å². The molecule has 0 spiro atoms. The molecule has 4 nitrogen and oxygen atoms in total. The van der Waals surface area contributed by atoms with Crippen molar-refractivity contribution in [1.82, 2.24) is 5.32 Å². The van der Waals surface area contributed by atoms with Crippen molar-refractivity contribution in [1.29, 1.82) is 0 Å². The molecule has 2 fully saturated rings. The van der Waals surface area contributed by atoms with E-state index in [2.05, 4.69) is 5.32 Å². The van der Waals surface area contributed by atoms with Crippen LogP contribution in [0, 0.1) is 17.7 Å². The van der Waals surface area contributed by atoms with Gasteiger partial charge in [0.15, 0.2) is 0 Å². The fraction of sp³-hybridized carbons (Fsp3) is 0.600. The topological polar surface area (TPSA) is 66.4 Å². The fourth-order valence-electron chi connectivity index (χ4n) is 4.48. The quantitative estimate of drug-likeness (QED) is 0.854. The van der Waals surface area contributed by atoms with Gasteiger partial charge in [-0.25, -0.2) is 4.39 Å². The maximum atomic E-state index is 13.2. The van der Waals surface area contributed by atoms with Gasteiger partial charge in [-0.05, 0) is 49.8 Å². The number of halogens is 1. The Balaban J connectivity index is 1.64. The summed E-state index contributed by atoms with van der Waals surface area (Å²) in [5, 5.41) is 12.3. The van der Waals surface area contributed by atoms with Crippen molar-refractivity contribution in [3.8, 4) is 0 Å². The van der Waals surface area contributed by atoms with Crippen LogP contribution in [0.2, 0.25) is 0 Å². The Bertz CT molecular complexity index is 622. The zero-order chi connectivity index (χ0) is 17.9. The zero-order valence-corrected chi connectivity index (χ0v) is 14.5. The summed E-state index contributed by atoms with van der Waals surface area (Å²) in [6.45, 7) is 0.547. The van der Waals surface area contributed by atoms with E-state index in [0.717, 1.165) is 44.1 Å². The molecule has 3 rings (SSSR count). The minimum Gasteiger partial charge on any atom is -0.481 e. The lowest BCUT2D eigenvalue weighted by molar-refractivity contribution is -0.144. The second-order valence-corrected chi connectivity index (χ2v) is 7.61. The number of hydrogen-bond donors (Lipinski definition) is 2. The van der Waals surface area contributed by atoms with E-state index in [9.17, 15) is 19.1 Å². The lowest BCUT2D eigenvalue weighted by Gasteiger charge is -2.32. The molecule has 0 radical (unpaired) electrons. The first kappa shape index (κ1) is 17.9. The zero-order valence-electron chi connectivity index (χ0n) is 14.5. The number of rotatable bonds is 5. The van der Waals surface area contributed by atoms with Crippen LogP contribution in [0.3, 0.4) is 0 Å². The molecule has 2 unspecified atom stereocenters. The molecule has 0 aliphatic heterocycles. The first-order chi connectivity index (χ1) is 12.0. The normalized spacial score (nSPS) is 25.5. The summed E-state index contributed by atoms with van der Waals surface area (Å²) in [7, 11) is 0. The van der Waals surface area contributed by atoms with E-state index < -0.39 is 11.9 Å². The number of carboxylic acids is 1. The summed E-state index contributed by atoms with van der Waals surface area (Å²) in [6.07, 6.45) is 6.85. The van der Waals surface area contributed by atoms with Crippen molar-refractivity contribution in [2.24, 2.45) is 11.8 Å². The molecule has 2 saturated carbocycles. The Kier molecular flexibility index (Phi) is 5.40. The number of amides is 1. The summed E-state index contributed by atoms with van der Waals surface area (Å²) in [6, 6.07) is 6.62. The van der Waals surface area contributed by atoms with Gasteiger partial charge < -0.3 is 10.4 Å². The second kappa shape index (κ2) is 7.54. The molecular formula is C20H26FNO3. The largest absolute Gasteiger partial charge is 0.481 e. The van der Waals surface area contributed by atoms with Crippen molar-refractivity contribution in [2.45, 2.75) is 56.8 Å². The Morgan fingerprint density at radius 3 is 2.36 bits per heavy atom. The van der Waals surface area contributed by atoms with E-state index in [1.807, 2.05) is 12.1 Å². The predicted octanol–water partition coefficient (Wildman–Crippen LogP) is 3.64. The van der Waals surface area contributed by atoms with Gasteiger partial charge in [0.2, 0.25) is 5.91 Å². The van der Waals surface area contributed by atoms with Gasteiger partial charge in [-0.15, -0.1) is 0 Å². The Labute approximate surface area is 147 Å². The van der Waals surface area contributed by atoms with Crippen molar-refractivity contribution >= 4 is 11.9 Å². The fourth-order valence-corrected chi connectivity index (χ4v) is 4.48. The third-order valence-electron chi connectivity index (χ3n) is 6.01. The lowest BCUT2D eigenvalue weighted by atomic mass is 9.78. The average molecular weight is 347 g/mol. The lowest BCUT2D eigenvalue weighted by Crippen LogP contribution is -2.42. The Morgan fingerprint density at radius 1 is 1.08 bits per heavy atom. The number of hydrogen-bond acceptors (Lipinski definition) is 2. The number of carbonyl (C=O) groups is 2.